The van der Waals surface area contributed by atoms with Gasteiger partial charge in [-0.1, -0.05) is 154 Å². The maximum Gasteiger partial charge on any atom is 0.306 e. The summed E-state index contributed by atoms with van der Waals surface area (Å²) in [4.78, 5) is 25.3. The molecule has 0 saturated heterocycles. The molecule has 6 nitrogen and oxygen atoms in total. The molecule has 0 radical (unpaired) electrons. The maximum atomic E-state index is 12.8. The molecule has 0 amide bonds. The van der Waals surface area contributed by atoms with Crippen molar-refractivity contribution in [2.75, 3.05) is 47.5 Å². The number of likely N-dealkylation sites (N-methyl/N-ethyl adjacent to an activating group) is 1. The average molecular weight is 735 g/mol. The van der Waals surface area contributed by atoms with Gasteiger partial charge in [0.15, 0.2) is 6.10 Å². The molecule has 0 aromatic rings. The van der Waals surface area contributed by atoms with E-state index in [4.69, 9.17) is 14.2 Å². The van der Waals surface area contributed by atoms with E-state index < -0.39 is 6.10 Å². The molecule has 0 aliphatic rings. The van der Waals surface area contributed by atoms with E-state index in [1.54, 1.807) is 7.11 Å². The molecule has 0 aliphatic carbocycles. The number of unbranched alkanes of at least 4 members (excludes halogenated alkanes) is 24. The number of hydrogen-bond acceptors (Lipinski definition) is 5. The van der Waals surface area contributed by atoms with Gasteiger partial charge in [-0.05, 0) is 64.2 Å². The van der Waals surface area contributed by atoms with E-state index in [2.05, 4.69) is 52.2 Å². The summed E-state index contributed by atoms with van der Waals surface area (Å²) in [5.41, 5.74) is 0. The van der Waals surface area contributed by atoms with Gasteiger partial charge in [0.05, 0.1) is 20.7 Å². The number of esters is 2. The van der Waals surface area contributed by atoms with Crippen molar-refractivity contribution in [3.05, 3.63) is 24.3 Å². The van der Waals surface area contributed by atoms with Gasteiger partial charge in [0, 0.05) is 20.0 Å². The van der Waals surface area contributed by atoms with E-state index in [9.17, 15) is 9.59 Å². The summed E-state index contributed by atoms with van der Waals surface area (Å²) in [5.74, 6) is -0.372. The van der Waals surface area contributed by atoms with E-state index in [-0.39, 0.29) is 18.5 Å². The fourth-order valence-electron chi connectivity index (χ4n) is 6.64. The molecule has 306 valence electrons. The Balaban J connectivity index is 4.11. The lowest BCUT2D eigenvalue weighted by molar-refractivity contribution is -0.893. The summed E-state index contributed by atoms with van der Waals surface area (Å²) in [6.07, 6.45) is 44.7. The fourth-order valence-corrected chi connectivity index (χ4v) is 6.64. The highest BCUT2D eigenvalue weighted by Crippen LogP contribution is 2.14. The summed E-state index contributed by atoms with van der Waals surface area (Å²) in [7, 11) is 5.89. The minimum absolute atomic E-state index is 0.124. The van der Waals surface area contributed by atoms with Crippen LogP contribution in [0.15, 0.2) is 24.3 Å². The number of nitrogens with zero attached hydrogens (tertiary/aromatic N) is 1. The highest BCUT2D eigenvalue weighted by molar-refractivity contribution is 5.70. The van der Waals surface area contributed by atoms with Gasteiger partial charge >= 0.3 is 11.9 Å². The first-order valence-electron chi connectivity index (χ1n) is 22.3. The second-order valence-electron chi connectivity index (χ2n) is 16.0. The van der Waals surface area contributed by atoms with Crippen LogP contribution in [0.1, 0.15) is 206 Å². The summed E-state index contributed by atoms with van der Waals surface area (Å²) < 4.78 is 17.5. The Morgan fingerprint density at radius 2 is 0.885 bits per heavy atom. The predicted molar refractivity (Wildman–Crippen MR) is 223 cm³/mol. The first-order chi connectivity index (χ1) is 25.3. The molecule has 0 aromatic carbocycles. The summed E-state index contributed by atoms with van der Waals surface area (Å²) >= 11 is 0. The van der Waals surface area contributed by atoms with Crippen molar-refractivity contribution in [1.82, 2.24) is 0 Å². The van der Waals surface area contributed by atoms with E-state index in [0.29, 0.717) is 30.5 Å². The van der Waals surface area contributed by atoms with E-state index in [1.807, 2.05) is 0 Å². The molecule has 0 aliphatic heterocycles. The van der Waals surface area contributed by atoms with Crippen LogP contribution in [0.2, 0.25) is 0 Å². The molecule has 0 rings (SSSR count). The van der Waals surface area contributed by atoms with E-state index >= 15 is 0 Å². The number of carbonyl (C=O) groups excluding carboxylic acids is 2. The molecule has 0 saturated carbocycles. The smallest absolute Gasteiger partial charge is 0.306 e. The first-order valence-corrected chi connectivity index (χ1v) is 22.3. The van der Waals surface area contributed by atoms with Crippen LogP contribution in [0.5, 0.6) is 0 Å². The summed E-state index contributed by atoms with van der Waals surface area (Å²) in [6, 6.07) is 0. The van der Waals surface area contributed by atoms with Crippen molar-refractivity contribution < 1.29 is 28.3 Å². The minimum atomic E-state index is -0.447. The molecule has 0 aromatic heterocycles. The minimum Gasteiger partial charge on any atom is -0.461 e. The lowest BCUT2D eigenvalue weighted by Crippen LogP contribution is -2.49. The fraction of sp³-hybridized carbons (Fsp3) is 0.870. The van der Waals surface area contributed by atoms with Gasteiger partial charge in [0.2, 0.25) is 0 Å². The Morgan fingerprint density at radius 1 is 0.519 bits per heavy atom. The Bertz CT molecular complexity index is 839. The molecular formula is C46H88NO5+. The number of rotatable bonds is 40. The average Bonchev–Trinajstić information content (AvgIpc) is 3.12. The first kappa shape index (κ1) is 50.3. The molecule has 0 bridgehead atoms. The number of carbonyl (C=O) groups is 2. The van der Waals surface area contributed by atoms with Crippen LogP contribution in [-0.2, 0) is 23.8 Å². The lowest BCUT2D eigenvalue weighted by atomic mass is 10.1. The zero-order chi connectivity index (χ0) is 38.2. The van der Waals surface area contributed by atoms with Crippen molar-refractivity contribution in [3.8, 4) is 0 Å². The van der Waals surface area contributed by atoms with Crippen LogP contribution >= 0.6 is 0 Å². The van der Waals surface area contributed by atoms with Crippen LogP contribution in [0.4, 0.5) is 0 Å². The molecule has 52 heavy (non-hydrogen) atoms. The van der Waals surface area contributed by atoms with Crippen LogP contribution in [0, 0.1) is 0 Å². The third kappa shape index (κ3) is 38.1. The zero-order valence-electron chi connectivity index (χ0n) is 35.4. The molecule has 1 unspecified atom stereocenters. The number of quaternary nitrogens is 1. The van der Waals surface area contributed by atoms with E-state index in [0.717, 1.165) is 45.1 Å². The number of methoxy groups -OCH3 is 1. The van der Waals surface area contributed by atoms with Crippen molar-refractivity contribution >= 4 is 11.9 Å². The Hall–Kier alpha value is -1.66. The maximum absolute atomic E-state index is 12.8. The Labute approximate surface area is 323 Å². The lowest BCUT2D eigenvalue weighted by Gasteiger charge is -2.32. The van der Waals surface area contributed by atoms with Crippen LogP contribution in [0.25, 0.3) is 0 Å². The van der Waals surface area contributed by atoms with Crippen LogP contribution in [-0.4, -0.2) is 70.0 Å². The highest BCUT2D eigenvalue weighted by Gasteiger charge is 2.26. The zero-order valence-corrected chi connectivity index (χ0v) is 35.4. The molecule has 0 fully saturated rings. The van der Waals surface area contributed by atoms with Crippen LogP contribution in [0.3, 0.4) is 0 Å². The molecule has 0 heterocycles. The molecule has 0 spiro atoms. The van der Waals surface area contributed by atoms with Crippen molar-refractivity contribution in [1.29, 1.82) is 0 Å². The van der Waals surface area contributed by atoms with Gasteiger partial charge in [-0.25, -0.2) is 0 Å². The molecular weight excluding hydrogens is 647 g/mol. The quantitative estimate of drug-likeness (QED) is 0.0271. The summed E-state index contributed by atoms with van der Waals surface area (Å²) in [5, 5.41) is 0. The topological polar surface area (TPSA) is 61.8 Å². The third-order valence-corrected chi connectivity index (χ3v) is 10.1. The van der Waals surface area contributed by atoms with Gasteiger partial charge in [0.1, 0.15) is 19.7 Å². The Kier molecular flexibility index (Phi) is 37.8. The second-order valence-corrected chi connectivity index (χ2v) is 16.0. The predicted octanol–water partition coefficient (Wildman–Crippen LogP) is 13.0. The summed E-state index contributed by atoms with van der Waals surface area (Å²) in [6.45, 7) is 6.67. The number of hydrogen-bond donors (Lipinski definition) is 0. The highest BCUT2D eigenvalue weighted by atomic mass is 16.6. The standard InChI is InChI=1S/C46H88NO5/c1-6-8-10-12-14-16-18-20-22-24-26-28-30-32-34-36-38-45(48)51-43-44(42-47(3,4)40-41-50-5)52-46(49)39-37-35-33-31-29-27-25-23-21-19-17-15-13-11-9-7-2/h20-23,44H,6-19,24-43H2,1-5H3/q+1/b22-20-,23-21-. The second kappa shape index (κ2) is 39.0. The van der Waals surface area contributed by atoms with Crippen molar-refractivity contribution in [3.63, 3.8) is 0 Å². The van der Waals surface area contributed by atoms with Crippen molar-refractivity contribution in [2.24, 2.45) is 0 Å². The van der Waals surface area contributed by atoms with Gasteiger partial charge in [-0.2, -0.15) is 0 Å². The molecule has 6 heteroatoms. The van der Waals surface area contributed by atoms with Crippen LogP contribution < -0.4 is 0 Å². The number of ether oxygens (including phenoxy) is 3. The van der Waals surface area contributed by atoms with E-state index in [1.165, 1.54) is 141 Å². The third-order valence-electron chi connectivity index (χ3n) is 10.1. The van der Waals surface area contributed by atoms with Gasteiger partial charge in [-0.15, -0.1) is 0 Å². The van der Waals surface area contributed by atoms with Gasteiger partial charge in [-0.3, -0.25) is 9.59 Å². The molecule has 0 N–H and O–H groups in total. The SMILES string of the molecule is CCCCCCCC/C=C\CCCCCCCCC(=O)OCC(C[N+](C)(C)CCOC)OC(=O)CCCCCCCC/C=C\CCCCCCCC. The largest absolute Gasteiger partial charge is 0.461 e. The Morgan fingerprint density at radius 3 is 1.29 bits per heavy atom. The normalized spacial score (nSPS) is 12.6. The van der Waals surface area contributed by atoms with Gasteiger partial charge < -0.3 is 18.7 Å². The van der Waals surface area contributed by atoms with Gasteiger partial charge in [0.25, 0.3) is 0 Å². The number of allylic oxidation sites excluding steroid dienone is 4. The van der Waals surface area contributed by atoms with Crippen molar-refractivity contribution in [2.45, 2.75) is 213 Å². The molecule has 1 atom stereocenters. The monoisotopic (exact) mass is 735 g/mol.